The SMILES string of the molecule is Cc1c(C)c2c(c(C)c1OCCCCCCC#N)CCC(C)(COc1ccc(/C=C3/SC(=O)NC3=O)cc1C(F)(F)F)O2. The number of thioether (sulfide) groups is 1. The first-order valence-electron chi connectivity index (χ1n) is 14.2. The topological polar surface area (TPSA) is 97.6 Å². The molecule has 11 heteroatoms. The molecule has 0 radical (unpaired) electrons. The van der Waals surface area contributed by atoms with Gasteiger partial charge in [-0.05, 0) is 106 Å². The Morgan fingerprint density at radius 2 is 1.84 bits per heavy atom. The van der Waals surface area contributed by atoms with Crippen LogP contribution >= 0.6 is 11.8 Å². The third kappa shape index (κ3) is 7.66. The molecule has 2 aliphatic rings. The number of nitriles is 1. The van der Waals surface area contributed by atoms with E-state index in [1.165, 1.54) is 18.2 Å². The van der Waals surface area contributed by atoms with Gasteiger partial charge in [0, 0.05) is 12.0 Å². The van der Waals surface area contributed by atoms with Gasteiger partial charge in [0.05, 0.1) is 23.1 Å². The van der Waals surface area contributed by atoms with Gasteiger partial charge in [0.25, 0.3) is 11.1 Å². The van der Waals surface area contributed by atoms with Crippen LogP contribution in [0.25, 0.3) is 6.08 Å². The summed E-state index contributed by atoms with van der Waals surface area (Å²) in [4.78, 5) is 23.3. The van der Waals surface area contributed by atoms with E-state index in [2.05, 4.69) is 11.4 Å². The van der Waals surface area contributed by atoms with Crippen molar-refractivity contribution in [3.63, 3.8) is 0 Å². The number of hydrogen-bond acceptors (Lipinski definition) is 7. The molecule has 43 heavy (non-hydrogen) atoms. The van der Waals surface area contributed by atoms with Gasteiger partial charge in [0.2, 0.25) is 0 Å². The number of nitrogens with one attached hydrogen (secondary N) is 1. The zero-order chi connectivity index (χ0) is 31.4. The molecule has 4 rings (SSSR count). The van der Waals surface area contributed by atoms with Crippen LogP contribution in [0.4, 0.5) is 18.0 Å². The Bertz CT molecular complexity index is 1480. The Balaban J connectivity index is 1.47. The van der Waals surface area contributed by atoms with Crippen molar-refractivity contribution in [2.24, 2.45) is 0 Å². The van der Waals surface area contributed by atoms with Crippen LogP contribution in [0.2, 0.25) is 0 Å². The molecule has 1 saturated heterocycles. The largest absolute Gasteiger partial charge is 0.493 e. The normalized spacial score (nSPS) is 19.1. The number of hydrogen-bond donors (Lipinski definition) is 1. The summed E-state index contributed by atoms with van der Waals surface area (Å²) in [6.45, 7) is 8.25. The number of unbranched alkanes of at least 4 members (excludes halogenated alkanes) is 4. The maximum Gasteiger partial charge on any atom is 0.419 e. The second-order valence-corrected chi connectivity index (χ2v) is 12.1. The number of rotatable bonds is 11. The number of ether oxygens (including phenoxy) is 3. The van der Waals surface area contributed by atoms with Crippen molar-refractivity contribution in [2.45, 2.75) is 84.4 Å². The van der Waals surface area contributed by atoms with Gasteiger partial charge in [-0.25, -0.2) is 0 Å². The van der Waals surface area contributed by atoms with Crippen LogP contribution in [0.3, 0.4) is 0 Å². The number of nitrogens with zero attached hydrogens (tertiary/aromatic N) is 1. The van der Waals surface area contributed by atoms with Gasteiger partial charge in [-0.2, -0.15) is 18.4 Å². The number of carbonyl (C=O) groups is 2. The predicted molar refractivity (Wildman–Crippen MR) is 158 cm³/mol. The molecule has 230 valence electrons. The second-order valence-electron chi connectivity index (χ2n) is 11.1. The van der Waals surface area contributed by atoms with Crippen molar-refractivity contribution < 1.29 is 37.0 Å². The van der Waals surface area contributed by atoms with Gasteiger partial charge in [-0.3, -0.25) is 14.9 Å². The molecule has 0 aromatic heterocycles. The standard InChI is InChI=1S/C32H35F3N2O5S/c1-19-20(2)28-23(21(3)27(19)40-15-9-7-5-6-8-14-36)12-13-31(4,42-28)18-41-25-11-10-22(16-24(25)32(33,34)35)17-26-29(38)37-30(39)43-26/h10-11,16-17H,5-9,12-13,15,18H2,1-4H3,(H,37,38,39)/b26-17+. The summed E-state index contributed by atoms with van der Waals surface area (Å²) in [5, 5.41) is 10.2. The Hall–Kier alpha value is -3.65. The Labute approximate surface area is 253 Å². The van der Waals surface area contributed by atoms with Crippen LogP contribution < -0.4 is 19.5 Å². The highest BCUT2D eigenvalue weighted by molar-refractivity contribution is 8.18. The lowest BCUT2D eigenvalue weighted by Crippen LogP contribution is -2.42. The number of fused-ring (bicyclic) bond motifs is 1. The molecule has 2 aliphatic heterocycles. The van der Waals surface area contributed by atoms with Gasteiger partial charge in [-0.1, -0.05) is 18.9 Å². The lowest BCUT2D eigenvalue weighted by atomic mass is 9.87. The molecular weight excluding hydrogens is 581 g/mol. The summed E-state index contributed by atoms with van der Waals surface area (Å²) < 4.78 is 60.4. The summed E-state index contributed by atoms with van der Waals surface area (Å²) in [6.07, 6.45) is 2.11. The fraction of sp³-hybridized carbons (Fsp3) is 0.469. The van der Waals surface area contributed by atoms with E-state index in [1.807, 2.05) is 27.7 Å². The van der Waals surface area contributed by atoms with E-state index in [4.69, 9.17) is 19.5 Å². The van der Waals surface area contributed by atoms with Crippen LogP contribution in [0.15, 0.2) is 23.1 Å². The maximum absolute atomic E-state index is 14.0. The summed E-state index contributed by atoms with van der Waals surface area (Å²) in [5.41, 5.74) is 2.20. The zero-order valence-corrected chi connectivity index (χ0v) is 25.5. The third-order valence-corrected chi connectivity index (χ3v) is 8.59. The quantitative estimate of drug-likeness (QED) is 0.202. The van der Waals surface area contributed by atoms with Crippen LogP contribution in [0.1, 0.15) is 78.8 Å². The third-order valence-electron chi connectivity index (χ3n) is 7.77. The lowest BCUT2D eigenvalue weighted by molar-refractivity contribution is -0.139. The minimum Gasteiger partial charge on any atom is -0.493 e. The van der Waals surface area contributed by atoms with E-state index in [-0.39, 0.29) is 22.8 Å². The molecule has 1 atom stereocenters. The van der Waals surface area contributed by atoms with Gasteiger partial charge < -0.3 is 14.2 Å². The summed E-state index contributed by atoms with van der Waals surface area (Å²) >= 11 is 0.636. The molecule has 0 spiro atoms. The summed E-state index contributed by atoms with van der Waals surface area (Å²) in [5.74, 6) is 0.579. The number of amides is 2. The van der Waals surface area contributed by atoms with Crippen molar-refractivity contribution in [3.05, 3.63) is 56.5 Å². The van der Waals surface area contributed by atoms with Crippen LogP contribution in [-0.4, -0.2) is 30.0 Å². The van der Waals surface area contributed by atoms with Crippen LogP contribution in [0.5, 0.6) is 17.2 Å². The van der Waals surface area contributed by atoms with Crippen molar-refractivity contribution in [1.82, 2.24) is 5.32 Å². The van der Waals surface area contributed by atoms with E-state index in [9.17, 15) is 22.8 Å². The predicted octanol–water partition coefficient (Wildman–Crippen LogP) is 7.97. The first-order valence-corrected chi connectivity index (χ1v) is 15.0. The van der Waals surface area contributed by atoms with Crippen molar-refractivity contribution in [2.75, 3.05) is 13.2 Å². The zero-order valence-electron chi connectivity index (χ0n) is 24.7. The van der Waals surface area contributed by atoms with Gasteiger partial charge in [-0.15, -0.1) is 0 Å². The van der Waals surface area contributed by atoms with Gasteiger partial charge >= 0.3 is 6.18 Å². The molecular formula is C32H35F3N2O5S. The highest BCUT2D eigenvalue weighted by Gasteiger charge is 2.38. The fourth-order valence-corrected chi connectivity index (χ4v) is 5.90. The van der Waals surface area contributed by atoms with Gasteiger partial charge in [0.1, 0.15) is 29.5 Å². The van der Waals surface area contributed by atoms with Crippen molar-refractivity contribution in [3.8, 4) is 23.3 Å². The molecule has 2 heterocycles. The van der Waals surface area contributed by atoms with E-state index in [0.29, 0.717) is 37.6 Å². The smallest absolute Gasteiger partial charge is 0.419 e. The van der Waals surface area contributed by atoms with Crippen LogP contribution in [0, 0.1) is 32.1 Å². The number of carbonyl (C=O) groups excluding carboxylic acids is 2. The van der Waals surface area contributed by atoms with E-state index in [1.54, 1.807) is 0 Å². The minimum absolute atomic E-state index is 0.0232. The molecule has 0 aliphatic carbocycles. The molecule has 2 aromatic rings. The number of imide groups is 1. The first-order chi connectivity index (χ1) is 20.3. The van der Waals surface area contributed by atoms with Crippen molar-refractivity contribution >= 4 is 29.0 Å². The molecule has 0 bridgehead atoms. The van der Waals surface area contributed by atoms with E-state index in [0.717, 1.165) is 65.5 Å². The first kappa shape index (κ1) is 32.3. The molecule has 0 saturated carbocycles. The Morgan fingerprint density at radius 1 is 1.09 bits per heavy atom. The molecule has 1 N–H and O–H groups in total. The average molecular weight is 617 g/mol. The molecule has 1 unspecified atom stereocenters. The number of benzene rings is 2. The highest BCUT2D eigenvalue weighted by Crippen LogP contribution is 2.45. The highest BCUT2D eigenvalue weighted by atomic mass is 32.2. The fourth-order valence-electron chi connectivity index (χ4n) is 5.22. The second kappa shape index (κ2) is 13.3. The minimum atomic E-state index is -4.70. The van der Waals surface area contributed by atoms with Crippen LogP contribution in [-0.2, 0) is 17.4 Å². The number of halogens is 3. The van der Waals surface area contributed by atoms with Crippen molar-refractivity contribution in [1.29, 1.82) is 5.26 Å². The van der Waals surface area contributed by atoms with Gasteiger partial charge in [0.15, 0.2) is 0 Å². The monoisotopic (exact) mass is 616 g/mol. The Kier molecular flexibility index (Phi) is 10.0. The van der Waals surface area contributed by atoms with E-state index < -0.39 is 28.5 Å². The lowest BCUT2D eigenvalue weighted by Gasteiger charge is -2.38. The molecule has 1 fully saturated rings. The summed E-state index contributed by atoms with van der Waals surface area (Å²) in [6, 6.07) is 5.71. The Morgan fingerprint density at radius 3 is 2.51 bits per heavy atom. The maximum atomic E-state index is 14.0. The number of alkyl halides is 3. The summed E-state index contributed by atoms with van der Waals surface area (Å²) in [7, 11) is 0. The van der Waals surface area contributed by atoms with E-state index >= 15 is 0 Å². The molecule has 2 amide bonds. The molecule has 2 aromatic carbocycles. The molecule has 7 nitrogen and oxygen atoms in total. The average Bonchev–Trinajstić information content (AvgIpc) is 3.27.